The van der Waals surface area contributed by atoms with Gasteiger partial charge in [0, 0.05) is 7.05 Å². The number of amides is 3. The molecule has 3 amide bonds. The van der Waals surface area contributed by atoms with Crippen LogP contribution in [0, 0.1) is 0 Å². The molecular formula is C8H12N6O4. The summed E-state index contributed by atoms with van der Waals surface area (Å²) in [5.41, 5.74) is 4.87. The predicted molar refractivity (Wildman–Crippen MR) is 58.4 cm³/mol. The zero-order chi connectivity index (χ0) is 13.7. The molecule has 0 fully saturated rings. The summed E-state index contributed by atoms with van der Waals surface area (Å²) in [7, 11) is 1.54. The number of rotatable bonds is 5. The van der Waals surface area contributed by atoms with E-state index >= 15 is 0 Å². The number of carboxylic acids is 1. The second kappa shape index (κ2) is 5.61. The largest absolute Gasteiger partial charge is 0.480 e. The van der Waals surface area contributed by atoms with Gasteiger partial charge in [-0.3, -0.25) is 10.1 Å². The van der Waals surface area contributed by atoms with Crippen molar-refractivity contribution in [3.05, 3.63) is 6.33 Å². The zero-order valence-electron chi connectivity index (χ0n) is 9.45. The Hall–Kier alpha value is -2.65. The van der Waals surface area contributed by atoms with Crippen molar-refractivity contribution in [2.75, 3.05) is 5.32 Å². The number of hydrogen-bond donors (Lipinski definition) is 4. The van der Waals surface area contributed by atoms with Gasteiger partial charge in [-0.15, -0.1) is 0 Å². The maximum absolute atomic E-state index is 11.4. The maximum atomic E-state index is 11.4. The van der Waals surface area contributed by atoms with Crippen molar-refractivity contribution in [1.82, 2.24) is 20.1 Å². The van der Waals surface area contributed by atoms with Crippen molar-refractivity contribution in [3.8, 4) is 0 Å². The van der Waals surface area contributed by atoms with Crippen LogP contribution in [0.2, 0.25) is 0 Å². The molecule has 10 heteroatoms. The number of primary amides is 1. The average molecular weight is 256 g/mol. The van der Waals surface area contributed by atoms with Gasteiger partial charge in [0.05, 0.1) is 6.42 Å². The molecular weight excluding hydrogens is 244 g/mol. The van der Waals surface area contributed by atoms with E-state index in [2.05, 4.69) is 20.7 Å². The molecule has 18 heavy (non-hydrogen) atoms. The van der Waals surface area contributed by atoms with Crippen LogP contribution in [0.15, 0.2) is 6.33 Å². The van der Waals surface area contributed by atoms with E-state index < -0.39 is 30.4 Å². The van der Waals surface area contributed by atoms with E-state index in [4.69, 9.17) is 10.8 Å². The van der Waals surface area contributed by atoms with Gasteiger partial charge in [-0.25, -0.2) is 14.3 Å². The highest BCUT2D eigenvalue weighted by molar-refractivity contribution is 5.92. The normalized spacial score (nSPS) is 11.6. The number of aromatic nitrogens is 3. The Kier molecular flexibility index (Phi) is 4.18. The van der Waals surface area contributed by atoms with Crippen molar-refractivity contribution < 1.29 is 19.5 Å². The lowest BCUT2D eigenvalue weighted by molar-refractivity contribution is -0.140. The molecule has 0 spiro atoms. The minimum absolute atomic E-state index is 0.135. The third-order valence-corrected chi connectivity index (χ3v) is 1.95. The monoisotopic (exact) mass is 256 g/mol. The van der Waals surface area contributed by atoms with E-state index in [0.717, 1.165) is 0 Å². The molecule has 0 radical (unpaired) electrons. The lowest BCUT2D eigenvalue weighted by atomic mass is 10.2. The molecule has 0 bridgehead atoms. The number of aryl methyl sites for hydroxylation is 1. The Bertz CT molecular complexity index is 470. The highest BCUT2D eigenvalue weighted by atomic mass is 16.4. The van der Waals surface area contributed by atoms with Gasteiger partial charge < -0.3 is 16.2 Å². The lowest BCUT2D eigenvalue weighted by Gasteiger charge is -2.12. The molecule has 10 nitrogen and oxygen atoms in total. The van der Waals surface area contributed by atoms with Crippen molar-refractivity contribution in [3.63, 3.8) is 0 Å². The second-order valence-corrected chi connectivity index (χ2v) is 3.37. The van der Waals surface area contributed by atoms with Gasteiger partial charge >= 0.3 is 12.0 Å². The van der Waals surface area contributed by atoms with Crippen LogP contribution < -0.4 is 16.4 Å². The minimum Gasteiger partial charge on any atom is -0.480 e. The first-order valence-electron chi connectivity index (χ1n) is 4.82. The van der Waals surface area contributed by atoms with Gasteiger partial charge in [0.15, 0.2) is 0 Å². The van der Waals surface area contributed by atoms with Crippen molar-refractivity contribution >= 4 is 23.9 Å². The molecule has 0 saturated carbocycles. The van der Waals surface area contributed by atoms with Gasteiger partial charge in [-0.2, -0.15) is 10.1 Å². The van der Waals surface area contributed by atoms with Gasteiger partial charge in [-0.1, -0.05) is 0 Å². The number of nitrogens with one attached hydrogen (secondary N) is 2. The third-order valence-electron chi connectivity index (χ3n) is 1.95. The number of anilines is 1. The number of carbonyl (C=O) groups is 3. The van der Waals surface area contributed by atoms with Crippen molar-refractivity contribution in [2.45, 2.75) is 12.5 Å². The van der Waals surface area contributed by atoms with Crippen LogP contribution in [-0.4, -0.2) is 43.8 Å². The molecule has 1 atom stereocenters. The molecule has 0 aromatic carbocycles. The Morgan fingerprint density at radius 1 is 1.56 bits per heavy atom. The van der Waals surface area contributed by atoms with Crippen LogP contribution >= 0.6 is 0 Å². The summed E-state index contributed by atoms with van der Waals surface area (Å²) < 4.78 is 1.28. The topological polar surface area (TPSA) is 152 Å². The molecule has 0 aliphatic carbocycles. The van der Waals surface area contributed by atoms with Crippen LogP contribution in [0.1, 0.15) is 6.42 Å². The number of nitrogens with two attached hydrogens (primary N) is 1. The summed E-state index contributed by atoms with van der Waals surface area (Å²) in [6.07, 6.45) is 0.718. The summed E-state index contributed by atoms with van der Waals surface area (Å²) in [5, 5.41) is 16.8. The molecule has 98 valence electrons. The summed E-state index contributed by atoms with van der Waals surface area (Å²) in [4.78, 5) is 36.5. The molecule has 5 N–H and O–H groups in total. The SMILES string of the molecule is Cn1ncnc1NC(=O)N[C@@H](CC(N)=O)C(=O)O. The van der Waals surface area contributed by atoms with E-state index in [-0.39, 0.29) is 5.95 Å². The molecule has 1 heterocycles. The number of hydrogen-bond acceptors (Lipinski definition) is 5. The number of carbonyl (C=O) groups excluding carboxylic acids is 2. The first kappa shape index (κ1) is 13.4. The van der Waals surface area contributed by atoms with Crippen LogP contribution in [0.4, 0.5) is 10.7 Å². The summed E-state index contributed by atoms with van der Waals surface area (Å²) in [6, 6.07) is -2.21. The molecule has 1 rings (SSSR count). The van der Waals surface area contributed by atoms with E-state index in [1.54, 1.807) is 7.05 Å². The fourth-order valence-corrected chi connectivity index (χ4v) is 1.11. The smallest absolute Gasteiger partial charge is 0.326 e. The number of aliphatic carboxylic acids is 1. The quantitative estimate of drug-likeness (QED) is 0.491. The van der Waals surface area contributed by atoms with Crippen LogP contribution in [0.25, 0.3) is 0 Å². The lowest BCUT2D eigenvalue weighted by Crippen LogP contribution is -2.45. The second-order valence-electron chi connectivity index (χ2n) is 3.37. The van der Waals surface area contributed by atoms with E-state index in [0.29, 0.717) is 0 Å². The Morgan fingerprint density at radius 3 is 2.67 bits per heavy atom. The average Bonchev–Trinajstić information content (AvgIpc) is 2.62. The Balaban J connectivity index is 2.59. The number of nitrogens with zero attached hydrogens (tertiary/aromatic N) is 3. The van der Waals surface area contributed by atoms with E-state index in [1.807, 2.05) is 0 Å². The molecule has 0 saturated heterocycles. The fourth-order valence-electron chi connectivity index (χ4n) is 1.11. The Labute approximate surface area is 101 Å². The summed E-state index contributed by atoms with van der Waals surface area (Å²) >= 11 is 0. The van der Waals surface area contributed by atoms with Crippen LogP contribution in [0.3, 0.4) is 0 Å². The highest BCUT2D eigenvalue weighted by Crippen LogP contribution is 1.98. The highest BCUT2D eigenvalue weighted by Gasteiger charge is 2.22. The maximum Gasteiger partial charge on any atom is 0.326 e. The molecule has 0 aliphatic heterocycles. The van der Waals surface area contributed by atoms with Crippen molar-refractivity contribution in [2.24, 2.45) is 12.8 Å². The van der Waals surface area contributed by atoms with Gasteiger partial charge in [0.2, 0.25) is 11.9 Å². The molecule has 0 unspecified atom stereocenters. The van der Waals surface area contributed by atoms with Crippen molar-refractivity contribution in [1.29, 1.82) is 0 Å². The van der Waals surface area contributed by atoms with E-state index in [9.17, 15) is 14.4 Å². The molecule has 0 aliphatic rings. The first-order chi connectivity index (χ1) is 8.40. The Morgan fingerprint density at radius 2 is 2.22 bits per heavy atom. The van der Waals surface area contributed by atoms with Gasteiger partial charge in [-0.05, 0) is 0 Å². The molecule has 1 aromatic heterocycles. The third kappa shape index (κ3) is 3.73. The molecule has 1 aromatic rings. The first-order valence-corrected chi connectivity index (χ1v) is 4.82. The zero-order valence-corrected chi connectivity index (χ0v) is 9.45. The number of carboxylic acid groups (broad SMARTS) is 1. The standard InChI is InChI=1S/C8H12N6O4/c1-14-7(10-3-11-14)13-8(18)12-4(6(16)17)2-5(9)15/h3-4H,2H2,1H3,(H2,9,15)(H,16,17)(H2,10,11,12,13,18)/t4-/m0/s1. The predicted octanol–water partition coefficient (Wildman–Crippen LogP) is -1.73. The van der Waals surface area contributed by atoms with Gasteiger partial charge in [0.25, 0.3) is 0 Å². The van der Waals surface area contributed by atoms with E-state index in [1.165, 1.54) is 11.0 Å². The summed E-state index contributed by atoms with van der Waals surface area (Å²) in [6.45, 7) is 0. The summed E-state index contributed by atoms with van der Waals surface area (Å²) in [5.74, 6) is -2.06. The van der Waals surface area contributed by atoms with Crippen LogP contribution in [-0.2, 0) is 16.6 Å². The minimum atomic E-state index is -1.39. The van der Waals surface area contributed by atoms with Gasteiger partial charge in [0.1, 0.15) is 12.4 Å². The fraction of sp³-hybridized carbons (Fsp3) is 0.375. The number of urea groups is 1. The van der Waals surface area contributed by atoms with Crippen LogP contribution in [0.5, 0.6) is 0 Å².